The van der Waals surface area contributed by atoms with E-state index in [1.54, 1.807) is 0 Å². The Labute approximate surface area is 167 Å². The molecule has 0 saturated carbocycles. The molecule has 1 atom stereocenters. The number of benzene rings is 1. The second-order valence-corrected chi connectivity index (χ2v) is 7.39. The number of hydrogen-bond acceptors (Lipinski definition) is 7. The molecule has 148 valence electrons. The van der Waals surface area contributed by atoms with Gasteiger partial charge in [0.2, 0.25) is 11.7 Å². The van der Waals surface area contributed by atoms with E-state index in [2.05, 4.69) is 20.6 Å². The number of carbonyl (C=O) groups excluding carboxylic acids is 1. The monoisotopic (exact) mass is 400 g/mol. The minimum atomic E-state index is -0.145. The van der Waals surface area contributed by atoms with E-state index >= 15 is 0 Å². The summed E-state index contributed by atoms with van der Waals surface area (Å²) in [6, 6.07) is 7.94. The number of nitrogens with zero attached hydrogens (tertiary/aromatic N) is 4. The van der Waals surface area contributed by atoms with Gasteiger partial charge in [0.25, 0.3) is 5.89 Å². The van der Waals surface area contributed by atoms with Crippen LogP contribution in [0.15, 0.2) is 33.8 Å². The highest BCUT2D eigenvalue weighted by atomic mass is 32.2. The van der Waals surface area contributed by atoms with Gasteiger partial charge >= 0.3 is 0 Å². The summed E-state index contributed by atoms with van der Waals surface area (Å²) in [5.41, 5.74) is 8.82. The number of nitrogen functional groups attached to an aromatic ring is 1. The van der Waals surface area contributed by atoms with Crippen molar-refractivity contribution < 1.29 is 9.32 Å². The van der Waals surface area contributed by atoms with Gasteiger partial charge in [-0.15, -0.1) is 11.8 Å². The van der Waals surface area contributed by atoms with Crippen LogP contribution in [0.25, 0.3) is 22.8 Å². The molecule has 3 N–H and O–H groups in total. The van der Waals surface area contributed by atoms with Gasteiger partial charge in [0, 0.05) is 11.6 Å². The summed E-state index contributed by atoms with van der Waals surface area (Å²) >= 11 is 1.41. The number of anilines is 1. The number of hydrogen-bond donors (Lipinski definition) is 2. The smallest absolute Gasteiger partial charge is 0.264 e. The van der Waals surface area contributed by atoms with Crippen LogP contribution in [0.3, 0.4) is 0 Å². The third-order valence-electron chi connectivity index (χ3n) is 4.42. The van der Waals surface area contributed by atoms with Crippen molar-refractivity contribution in [1.29, 1.82) is 0 Å². The van der Waals surface area contributed by atoms with Gasteiger partial charge < -0.3 is 15.6 Å². The molecule has 0 aliphatic rings. The molecule has 0 aliphatic heterocycles. The van der Waals surface area contributed by atoms with Crippen molar-refractivity contribution in [2.45, 2.75) is 44.8 Å². The van der Waals surface area contributed by atoms with Crippen molar-refractivity contribution in [3.8, 4) is 22.8 Å². The van der Waals surface area contributed by atoms with E-state index in [-0.39, 0.29) is 24.4 Å². The van der Waals surface area contributed by atoms with Gasteiger partial charge in [-0.2, -0.15) is 10.1 Å². The van der Waals surface area contributed by atoms with Crippen molar-refractivity contribution in [1.82, 2.24) is 25.2 Å². The van der Waals surface area contributed by atoms with Crippen LogP contribution in [0, 0.1) is 6.92 Å². The number of nitrogens with two attached hydrogens (primary N) is 1. The SMILES string of the molecule is CCC(C)NC(=O)Cn1nc(SC)c(-c2nc(-c3ccc(C)cc3)no2)c1N. The topological polar surface area (TPSA) is 112 Å². The van der Waals surface area contributed by atoms with Crippen molar-refractivity contribution in [3.05, 3.63) is 29.8 Å². The highest BCUT2D eigenvalue weighted by molar-refractivity contribution is 7.98. The van der Waals surface area contributed by atoms with E-state index < -0.39 is 0 Å². The number of carbonyl (C=O) groups is 1. The molecule has 3 aromatic rings. The Bertz CT molecular complexity index is 963. The Balaban J connectivity index is 1.89. The third kappa shape index (κ3) is 4.19. The molecule has 3 rings (SSSR count). The molecule has 8 nitrogen and oxygen atoms in total. The summed E-state index contributed by atoms with van der Waals surface area (Å²) in [5.74, 6) is 0.936. The van der Waals surface area contributed by atoms with Gasteiger partial charge in [0.1, 0.15) is 23.0 Å². The van der Waals surface area contributed by atoms with Crippen LogP contribution in [-0.2, 0) is 11.3 Å². The standard InChI is InChI=1S/C19H24N6O2S/c1-5-12(3)21-14(26)10-25-16(20)15(19(23-25)28-4)18-22-17(24-27-18)13-8-6-11(2)7-9-13/h6-9,12H,5,10,20H2,1-4H3,(H,21,26). The molecule has 9 heteroatoms. The first kappa shape index (κ1) is 19.9. The number of amides is 1. The van der Waals surface area contributed by atoms with Gasteiger partial charge in [-0.3, -0.25) is 4.79 Å². The van der Waals surface area contributed by atoms with E-state index in [0.717, 1.165) is 17.5 Å². The maximum Gasteiger partial charge on any atom is 0.264 e. The number of rotatable bonds is 7. The number of nitrogens with one attached hydrogen (secondary N) is 1. The second kappa shape index (κ2) is 8.47. The summed E-state index contributed by atoms with van der Waals surface area (Å²) < 4.78 is 6.92. The molecule has 2 heterocycles. The normalized spacial score (nSPS) is 12.1. The zero-order valence-corrected chi connectivity index (χ0v) is 17.2. The van der Waals surface area contributed by atoms with Gasteiger partial charge in [0.05, 0.1) is 0 Å². The maximum atomic E-state index is 12.2. The lowest BCUT2D eigenvalue weighted by Gasteiger charge is -2.11. The predicted octanol–water partition coefficient (Wildman–Crippen LogP) is 3.13. The molecule has 0 bridgehead atoms. The third-order valence-corrected chi connectivity index (χ3v) is 5.09. The van der Waals surface area contributed by atoms with Crippen molar-refractivity contribution in [2.24, 2.45) is 0 Å². The van der Waals surface area contributed by atoms with Crippen molar-refractivity contribution in [2.75, 3.05) is 12.0 Å². The van der Waals surface area contributed by atoms with Crippen LogP contribution in [0.5, 0.6) is 0 Å². The van der Waals surface area contributed by atoms with Crippen molar-refractivity contribution in [3.63, 3.8) is 0 Å². The summed E-state index contributed by atoms with van der Waals surface area (Å²) in [5, 5.41) is 12.0. The van der Waals surface area contributed by atoms with Gasteiger partial charge in [0.15, 0.2) is 0 Å². The fourth-order valence-electron chi connectivity index (χ4n) is 2.62. The lowest BCUT2D eigenvalue weighted by molar-refractivity contribution is -0.122. The Kier molecular flexibility index (Phi) is 6.03. The number of thioether (sulfide) groups is 1. The summed E-state index contributed by atoms with van der Waals surface area (Å²) in [6.07, 6.45) is 2.73. The van der Waals surface area contributed by atoms with Crippen LogP contribution < -0.4 is 11.1 Å². The zero-order chi connectivity index (χ0) is 20.3. The summed E-state index contributed by atoms with van der Waals surface area (Å²) in [4.78, 5) is 16.7. The minimum absolute atomic E-state index is 0.0304. The van der Waals surface area contributed by atoms with Gasteiger partial charge in [-0.1, -0.05) is 41.9 Å². The first-order valence-corrected chi connectivity index (χ1v) is 10.3. The molecule has 0 radical (unpaired) electrons. The quantitative estimate of drug-likeness (QED) is 0.586. The molecule has 1 amide bonds. The molecular weight excluding hydrogens is 376 g/mol. The van der Waals surface area contributed by atoms with Crippen LogP contribution >= 0.6 is 11.8 Å². The zero-order valence-electron chi connectivity index (χ0n) is 16.4. The van der Waals surface area contributed by atoms with Crippen LogP contribution in [-0.4, -0.2) is 38.1 Å². The fourth-order valence-corrected chi connectivity index (χ4v) is 3.20. The molecule has 28 heavy (non-hydrogen) atoms. The molecule has 1 aromatic carbocycles. The predicted molar refractivity (Wildman–Crippen MR) is 110 cm³/mol. The maximum absolute atomic E-state index is 12.2. The van der Waals surface area contributed by atoms with Crippen LogP contribution in [0.4, 0.5) is 5.82 Å². The largest absolute Gasteiger partial charge is 0.383 e. The van der Waals surface area contributed by atoms with Gasteiger partial charge in [-0.25, -0.2) is 4.68 Å². The average molecular weight is 401 g/mol. The second-order valence-electron chi connectivity index (χ2n) is 6.59. The lowest BCUT2D eigenvalue weighted by Crippen LogP contribution is -2.35. The Morgan fingerprint density at radius 1 is 1.36 bits per heavy atom. The van der Waals surface area contributed by atoms with E-state index in [1.807, 2.05) is 51.3 Å². The van der Waals surface area contributed by atoms with E-state index in [9.17, 15) is 4.79 Å². The fraction of sp³-hybridized carbons (Fsp3) is 0.368. The Hall–Kier alpha value is -2.81. The molecule has 0 fully saturated rings. The average Bonchev–Trinajstić information content (AvgIpc) is 3.27. The van der Waals surface area contributed by atoms with Crippen LogP contribution in [0.1, 0.15) is 25.8 Å². The molecule has 0 spiro atoms. The van der Waals surface area contributed by atoms with E-state index in [0.29, 0.717) is 22.2 Å². The van der Waals surface area contributed by atoms with Crippen LogP contribution in [0.2, 0.25) is 0 Å². The lowest BCUT2D eigenvalue weighted by atomic mass is 10.1. The number of aromatic nitrogens is 4. The molecule has 1 unspecified atom stereocenters. The molecule has 0 saturated heterocycles. The summed E-state index contributed by atoms with van der Waals surface area (Å²) in [7, 11) is 0. The van der Waals surface area contributed by atoms with E-state index in [1.165, 1.54) is 16.4 Å². The van der Waals surface area contributed by atoms with Gasteiger partial charge in [-0.05, 0) is 26.5 Å². The highest BCUT2D eigenvalue weighted by Crippen LogP contribution is 2.34. The molecular formula is C19H24N6O2S. The van der Waals surface area contributed by atoms with Crippen molar-refractivity contribution >= 4 is 23.5 Å². The molecule has 2 aromatic heterocycles. The highest BCUT2D eigenvalue weighted by Gasteiger charge is 2.24. The number of aryl methyl sites for hydroxylation is 1. The summed E-state index contributed by atoms with van der Waals surface area (Å²) in [6.45, 7) is 6.01. The first-order chi connectivity index (χ1) is 13.4. The first-order valence-electron chi connectivity index (χ1n) is 9.03. The van der Waals surface area contributed by atoms with E-state index in [4.69, 9.17) is 10.3 Å². The molecule has 0 aliphatic carbocycles. The Morgan fingerprint density at radius 2 is 2.07 bits per heavy atom. The minimum Gasteiger partial charge on any atom is -0.383 e. The Morgan fingerprint density at radius 3 is 2.71 bits per heavy atom.